The number of carbonyl (C=O) groups excluding carboxylic acids is 1. The second kappa shape index (κ2) is 8.46. The van der Waals surface area contributed by atoms with Crippen molar-refractivity contribution in [1.29, 1.82) is 0 Å². The Hall–Kier alpha value is -1.17. The second-order valence-electron chi connectivity index (χ2n) is 5.69. The Morgan fingerprint density at radius 3 is 3.05 bits per heavy atom. The second-order valence-corrected chi connectivity index (χ2v) is 6.12. The highest BCUT2D eigenvalue weighted by atomic mass is 35.5. The van der Waals surface area contributed by atoms with E-state index in [1.54, 1.807) is 6.07 Å². The molecule has 0 aromatic heterocycles. The van der Waals surface area contributed by atoms with E-state index in [4.69, 9.17) is 16.3 Å². The van der Waals surface area contributed by atoms with Crippen LogP contribution in [0.3, 0.4) is 0 Å². The molecule has 6 heteroatoms. The number of hydrogen-bond donors (Lipinski definition) is 1. The Kier molecular flexibility index (Phi) is 6.61. The van der Waals surface area contributed by atoms with Crippen molar-refractivity contribution in [2.75, 3.05) is 32.1 Å². The number of halogens is 2. The third-order valence-corrected chi connectivity index (χ3v) is 3.94. The molecule has 0 saturated carbocycles. The van der Waals surface area contributed by atoms with Crippen molar-refractivity contribution >= 4 is 23.2 Å². The van der Waals surface area contributed by atoms with E-state index in [0.717, 1.165) is 38.8 Å². The first-order valence-corrected chi connectivity index (χ1v) is 7.97. The van der Waals surface area contributed by atoms with Crippen LogP contribution in [0, 0.1) is 5.82 Å². The average Bonchev–Trinajstić information content (AvgIpc) is 2.95. The van der Waals surface area contributed by atoms with Gasteiger partial charge in [-0.2, -0.15) is 0 Å². The van der Waals surface area contributed by atoms with Gasteiger partial charge < -0.3 is 10.1 Å². The summed E-state index contributed by atoms with van der Waals surface area (Å²) in [6.07, 6.45) is 4.68. The number of benzene rings is 1. The molecule has 4 nitrogen and oxygen atoms in total. The molecule has 1 amide bonds. The highest BCUT2D eigenvalue weighted by molar-refractivity contribution is 6.30. The fourth-order valence-corrected chi connectivity index (χ4v) is 2.72. The van der Waals surface area contributed by atoms with E-state index in [1.807, 2.05) is 11.9 Å². The molecule has 1 aromatic rings. The van der Waals surface area contributed by atoms with Gasteiger partial charge in [-0.1, -0.05) is 11.6 Å². The molecular formula is C16H22ClFN2O2. The van der Waals surface area contributed by atoms with Gasteiger partial charge in [-0.25, -0.2) is 4.39 Å². The lowest BCUT2D eigenvalue weighted by Gasteiger charge is -2.17. The van der Waals surface area contributed by atoms with Crippen molar-refractivity contribution < 1.29 is 13.9 Å². The summed E-state index contributed by atoms with van der Waals surface area (Å²) in [6, 6.07) is 4.20. The van der Waals surface area contributed by atoms with Crippen LogP contribution in [0.1, 0.15) is 25.7 Å². The van der Waals surface area contributed by atoms with E-state index in [0.29, 0.717) is 11.1 Å². The zero-order valence-corrected chi connectivity index (χ0v) is 13.5. The third-order valence-electron chi connectivity index (χ3n) is 3.71. The number of anilines is 1. The number of amides is 1. The van der Waals surface area contributed by atoms with Crippen LogP contribution in [-0.2, 0) is 9.53 Å². The summed E-state index contributed by atoms with van der Waals surface area (Å²) in [6.45, 7) is 1.92. The lowest BCUT2D eigenvalue weighted by Crippen LogP contribution is -2.31. The van der Waals surface area contributed by atoms with E-state index in [9.17, 15) is 9.18 Å². The van der Waals surface area contributed by atoms with Gasteiger partial charge >= 0.3 is 0 Å². The van der Waals surface area contributed by atoms with Crippen LogP contribution in [0.15, 0.2) is 18.2 Å². The van der Waals surface area contributed by atoms with E-state index >= 15 is 0 Å². The molecule has 122 valence electrons. The van der Waals surface area contributed by atoms with Gasteiger partial charge in [-0.3, -0.25) is 9.69 Å². The molecule has 1 fully saturated rings. The molecule has 1 N–H and O–H groups in total. The average molecular weight is 329 g/mol. The monoisotopic (exact) mass is 328 g/mol. The van der Waals surface area contributed by atoms with Gasteiger partial charge in [-0.15, -0.1) is 0 Å². The summed E-state index contributed by atoms with van der Waals surface area (Å²) in [5.41, 5.74) is 0.155. The quantitative estimate of drug-likeness (QED) is 0.835. The molecule has 0 radical (unpaired) electrons. The van der Waals surface area contributed by atoms with Gasteiger partial charge in [0.2, 0.25) is 5.91 Å². The predicted molar refractivity (Wildman–Crippen MR) is 85.7 cm³/mol. The summed E-state index contributed by atoms with van der Waals surface area (Å²) in [5.74, 6) is -0.761. The molecular weight excluding hydrogens is 307 g/mol. The van der Waals surface area contributed by atoms with Gasteiger partial charge in [0, 0.05) is 11.6 Å². The van der Waals surface area contributed by atoms with Crippen LogP contribution in [0.2, 0.25) is 5.02 Å². The number of nitrogens with zero attached hydrogens (tertiary/aromatic N) is 1. The number of ether oxygens (including phenoxy) is 1. The van der Waals surface area contributed by atoms with Crippen LogP contribution < -0.4 is 5.32 Å². The van der Waals surface area contributed by atoms with Crippen LogP contribution in [0.25, 0.3) is 0 Å². The molecule has 0 bridgehead atoms. The SMILES string of the molecule is CN(CCC[C@@H]1CCCO1)CC(=O)Nc1ccc(Cl)cc1F. The van der Waals surface area contributed by atoms with Crippen molar-refractivity contribution in [1.82, 2.24) is 4.90 Å². The fraction of sp³-hybridized carbons (Fsp3) is 0.562. The van der Waals surface area contributed by atoms with Crippen LogP contribution >= 0.6 is 11.6 Å². The molecule has 0 spiro atoms. The fourth-order valence-electron chi connectivity index (χ4n) is 2.57. The minimum absolute atomic E-state index is 0.155. The molecule has 0 aliphatic carbocycles. The number of carbonyl (C=O) groups is 1. The molecule has 2 rings (SSSR count). The first-order chi connectivity index (χ1) is 10.5. The molecule has 1 heterocycles. The Morgan fingerprint density at radius 2 is 2.36 bits per heavy atom. The maximum Gasteiger partial charge on any atom is 0.238 e. The minimum atomic E-state index is -0.526. The van der Waals surface area contributed by atoms with E-state index in [1.165, 1.54) is 12.1 Å². The highest BCUT2D eigenvalue weighted by Gasteiger charge is 2.15. The Labute approximate surface area is 135 Å². The molecule has 0 unspecified atom stereocenters. The van der Waals surface area contributed by atoms with Crippen molar-refractivity contribution in [3.05, 3.63) is 29.0 Å². The van der Waals surface area contributed by atoms with Gasteiger partial charge in [0.25, 0.3) is 0 Å². The molecule has 1 aliphatic heterocycles. The summed E-state index contributed by atoms with van der Waals surface area (Å²) in [7, 11) is 1.88. The van der Waals surface area contributed by atoms with Gasteiger partial charge in [-0.05, 0) is 57.5 Å². The van der Waals surface area contributed by atoms with Crippen molar-refractivity contribution in [2.24, 2.45) is 0 Å². The lowest BCUT2D eigenvalue weighted by molar-refractivity contribution is -0.117. The Bertz CT molecular complexity index is 507. The van der Waals surface area contributed by atoms with Gasteiger partial charge in [0.15, 0.2) is 0 Å². The van der Waals surface area contributed by atoms with E-state index in [-0.39, 0.29) is 18.1 Å². The first kappa shape index (κ1) is 17.2. The van der Waals surface area contributed by atoms with Crippen LogP contribution in [0.5, 0.6) is 0 Å². The standard InChI is InChI=1S/C16H22ClFN2O2/c1-20(8-2-4-13-5-3-9-22-13)11-16(21)19-15-7-6-12(17)10-14(15)18/h6-7,10,13H,2-5,8-9,11H2,1H3,(H,19,21)/t13-/m1/s1. The van der Waals surface area contributed by atoms with Crippen LogP contribution in [0.4, 0.5) is 10.1 Å². The number of likely N-dealkylation sites (N-methyl/N-ethyl adjacent to an activating group) is 1. The first-order valence-electron chi connectivity index (χ1n) is 7.59. The van der Waals surface area contributed by atoms with Gasteiger partial charge in [0.1, 0.15) is 5.82 Å². The maximum atomic E-state index is 13.6. The number of nitrogens with one attached hydrogen (secondary N) is 1. The summed E-state index contributed by atoms with van der Waals surface area (Å²) >= 11 is 5.68. The number of rotatable bonds is 7. The Balaban J connectivity index is 1.69. The topological polar surface area (TPSA) is 41.6 Å². The van der Waals surface area contributed by atoms with Crippen LogP contribution in [-0.4, -0.2) is 43.7 Å². The summed E-state index contributed by atoms with van der Waals surface area (Å²) in [5, 5.41) is 2.87. The smallest absolute Gasteiger partial charge is 0.238 e. The molecule has 1 atom stereocenters. The number of hydrogen-bond acceptors (Lipinski definition) is 3. The zero-order chi connectivity index (χ0) is 15.9. The summed E-state index contributed by atoms with van der Waals surface area (Å²) < 4.78 is 19.2. The van der Waals surface area contributed by atoms with E-state index < -0.39 is 5.82 Å². The maximum absolute atomic E-state index is 13.6. The van der Waals surface area contributed by atoms with Gasteiger partial charge in [0.05, 0.1) is 18.3 Å². The van der Waals surface area contributed by atoms with Crippen molar-refractivity contribution in [3.63, 3.8) is 0 Å². The van der Waals surface area contributed by atoms with Crippen molar-refractivity contribution in [2.45, 2.75) is 31.8 Å². The lowest BCUT2D eigenvalue weighted by atomic mass is 10.1. The molecule has 22 heavy (non-hydrogen) atoms. The summed E-state index contributed by atoms with van der Waals surface area (Å²) in [4.78, 5) is 13.8. The molecule has 1 aromatic carbocycles. The largest absolute Gasteiger partial charge is 0.378 e. The zero-order valence-electron chi connectivity index (χ0n) is 12.8. The van der Waals surface area contributed by atoms with E-state index in [2.05, 4.69) is 5.32 Å². The highest BCUT2D eigenvalue weighted by Crippen LogP contribution is 2.19. The normalized spacial score (nSPS) is 17.9. The Morgan fingerprint density at radius 1 is 1.55 bits per heavy atom. The molecule has 1 saturated heterocycles. The minimum Gasteiger partial charge on any atom is -0.378 e. The molecule has 1 aliphatic rings. The van der Waals surface area contributed by atoms with Crippen molar-refractivity contribution in [3.8, 4) is 0 Å². The third kappa shape index (κ3) is 5.55. The predicted octanol–water partition coefficient (Wildman–Crippen LogP) is 3.31.